The van der Waals surface area contributed by atoms with E-state index in [0.717, 1.165) is 34.4 Å². The monoisotopic (exact) mass is 416 g/mol. The first-order valence-corrected chi connectivity index (χ1v) is 10.3. The van der Waals surface area contributed by atoms with E-state index in [4.69, 9.17) is 0 Å². The topological polar surface area (TPSA) is 0 Å². The van der Waals surface area contributed by atoms with E-state index in [1.807, 2.05) is 24.3 Å². The lowest BCUT2D eigenvalue weighted by atomic mass is 9.96. The fourth-order valence-electron chi connectivity index (χ4n) is 3.64. The van der Waals surface area contributed by atoms with E-state index in [0.29, 0.717) is 5.92 Å². The molecule has 0 radical (unpaired) electrons. The molecule has 0 fully saturated rings. The lowest BCUT2D eigenvalue weighted by Crippen LogP contribution is -2.03. The first-order chi connectivity index (χ1) is 14.8. The number of hydrogen-bond acceptors (Lipinski definition) is 0. The smallest absolute Gasteiger partial charge is 0.166 e. The highest BCUT2D eigenvalue weighted by atomic mass is 19.4. The zero-order valence-electron chi connectivity index (χ0n) is 17.4. The van der Waals surface area contributed by atoms with Crippen LogP contribution in [0.25, 0.3) is 27.8 Å². The maximum atomic E-state index is 12.8. The van der Waals surface area contributed by atoms with Gasteiger partial charge in [0.2, 0.25) is 0 Å². The molecule has 0 saturated carbocycles. The largest absolute Gasteiger partial charge is 0.416 e. The van der Waals surface area contributed by atoms with Gasteiger partial charge in [0.1, 0.15) is 0 Å². The van der Waals surface area contributed by atoms with Gasteiger partial charge in [-0.05, 0) is 58.4 Å². The molecule has 156 valence electrons. The van der Waals surface area contributed by atoms with Gasteiger partial charge in [-0.15, -0.1) is 0 Å². The molecule has 3 aromatic rings. The van der Waals surface area contributed by atoms with Crippen LogP contribution in [0.4, 0.5) is 13.2 Å². The van der Waals surface area contributed by atoms with Crippen molar-refractivity contribution in [2.24, 2.45) is 5.92 Å². The quantitative estimate of drug-likeness (QED) is 0.401. The van der Waals surface area contributed by atoms with E-state index in [1.54, 1.807) is 0 Å². The summed E-state index contributed by atoms with van der Waals surface area (Å²) in [5.74, 6) is 0.441. The Morgan fingerprint density at radius 2 is 1.06 bits per heavy atom. The molecule has 31 heavy (non-hydrogen) atoms. The van der Waals surface area contributed by atoms with E-state index in [-0.39, 0.29) is 0 Å². The predicted octanol–water partition coefficient (Wildman–Crippen LogP) is 8.58. The number of alkyl halides is 3. The van der Waals surface area contributed by atoms with E-state index in [9.17, 15) is 13.2 Å². The molecule has 0 amide bonds. The third-order valence-corrected chi connectivity index (χ3v) is 5.76. The highest BCUT2D eigenvalue weighted by Gasteiger charge is 2.29. The van der Waals surface area contributed by atoms with Gasteiger partial charge in [-0.2, -0.15) is 13.2 Å². The van der Waals surface area contributed by atoms with Crippen molar-refractivity contribution in [2.45, 2.75) is 20.0 Å². The maximum Gasteiger partial charge on any atom is 0.416 e. The van der Waals surface area contributed by atoms with Gasteiger partial charge in [0.05, 0.1) is 5.56 Å². The molecular weight excluding hydrogens is 393 g/mol. The van der Waals surface area contributed by atoms with Crippen LogP contribution in [0.15, 0.2) is 103 Å². The molecule has 1 unspecified atom stereocenters. The van der Waals surface area contributed by atoms with Crippen LogP contribution < -0.4 is 0 Å². The fourth-order valence-corrected chi connectivity index (χ4v) is 3.64. The summed E-state index contributed by atoms with van der Waals surface area (Å²) < 4.78 is 38.3. The van der Waals surface area contributed by atoms with Crippen LogP contribution in [0, 0.1) is 5.92 Å². The van der Waals surface area contributed by atoms with Gasteiger partial charge >= 0.3 is 6.18 Å². The van der Waals surface area contributed by atoms with Crippen molar-refractivity contribution in [1.29, 1.82) is 0 Å². The number of hydrogen-bond donors (Lipinski definition) is 0. The highest BCUT2D eigenvalue weighted by Crippen LogP contribution is 2.32. The Bertz CT molecular complexity index is 1140. The second kappa shape index (κ2) is 8.43. The molecule has 0 N–H and O–H groups in total. The zero-order valence-corrected chi connectivity index (χ0v) is 17.4. The molecule has 4 rings (SSSR count). The average Bonchev–Trinajstić information content (AvgIpc) is 2.94. The van der Waals surface area contributed by atoms with E-state index < -0.39 is 11.7 Å². The van der Waals surface area contributed by atoms with Crippen LogP contribution in [0.5, 0.6) is 0 Å². The molecule has 1 aliphatic rings. The van der Waals surface area contributed by atoms with Crippen molar-refractivity contribution < 1.29 is 13.2 Å². The van der Waals surface area contributed by atoms with Crippen LogP contribution in [-0.2, 0) is 6.18 Å². The van der Waals surface area contributed by atoms with Gasteiger partial charge in [-0.1, -0.05) is 97.5 Å². The summed E-state index contributed by atoms with van der Waals surface area (Å²) in [6.45, 7) is 4.34. The van der Waals surface area contributed by atoms with Crippen molar-refractivity contribution in [1.82, 2.24) is 0 Å². The Morgan fingerprint density at radius 3 is 1.52 bits per heavy atom. The van der Waals surface area contributed by atoms with Crippen molar-refractivity contribution >= 4 is 5.57 Å². The van der Waals surface area contributed by atoms with E-state index in [2.05, 4.69) is 62.4 Å². The van der Waals surface area contributed by atoms with Crippen molar-refractivity contribution in [3.05, 3.63) is 114 Å². The second-order valence-corrected chi connectivity index (χ2v) is 7.91. The van der Waals surface area contributed by atoms with Gasteiger partial charge in [0.15, 0.2) is 0 Å². The summed E-state index contributed by atoms with van der Waals surface area (Å²) in [5, 5.41) is 0. The Kier molecular flexibility index (Phi) is 5.69. The summed E-state index contributed by atoms with van der Waals surface area (Å²) in [6, 6.07) is 21.6. The molecule has 0 bridgehead atoms. The predicted molar refractivity (Wildman–Crippen MR) is 122 cm³/mol. The van der Waals surface area contributed by atoms with Gasteiger partial charge in [0, 0.05) is 0 Å². The van der Waals surface area contributed by atoms with Crippen molar-refractivity contribution in [3.8, 4) is 22.3 Å². The zero-order chi connectivity index (χ0) is 22.0. The van der Waals surface area contributed by atoms with Crippen LogP contribution in [0.2, 0.25) is 0 Å². The molecular formula is C28H23F3. The molecule has 1 atom stereocenters. The summed E-state index contributed by atoms with van der Waals surface area (Å²) in [5.41, 5.74) is 6.89. The second-order valence-electron chi connectivity index (χ2n) is 7.91. The molecule has 3 heteroatoms. The lowest BCUT2D eigenvalue weighted by molar-refractivity contribution is -0.137. The molecule has 0 nitrogen and oxygen atoms in total. The van der Waals surface area contributed by atoms with Gasteiger partial charge in [-0.25, -0.2) is 0 Å². The van der Waals surface area contributed by atoms with Crippen molar-refractivity contribution in [3.63, 3.8) is 0 Å². The van der Waals surface area contributed by atoms with Gasteiger partial charge < -0.3 is 0 Å². The van der Waals surface area contributed by atoms with Gasteiger partial charge in [0.25, 0.3) is 0 Å². The third-order valence-electron chi connectivity index (χ3n) is 5.76. The molecule has 0 aromatic heterocycles. The lowest BCUT2D eigenvalue weighted by Gasteiger charge is -2.09. The molecule has 0 saturated heterocycles. The standard InChI is InChI=1S/C28H23F3/c1-19-4-3-5-26(18-20(19)2)25-12-10-22(11-13-25)21-6-8-23(9-7-21)24-14-16-27(17-15-24)28(29,30)31/h3-19H,1-2H3. The minimum absolute atomic E-state index is 0.441. The highest BCUT2D eigenvalue weighted by molar-refractivity contribution is 5.78. The Balaban J connectivity index is 1.53. The summed E-state index contributed by atoms with van der Waals surface area (Å²) in [6.07, 6.45) is 4.37. The normalized spacial score (nSPS) is 16.5. The first kappa shape index (κ1) is 20.9. The molecule has 0 spiro atoms. The van der Waals surface area contributed by atoms with Crippen molar-refractivity contribution in [2.75, 3.05) is 0 Å². The van der Waals surface area contributed by atoms with E-state index in [1.165, 1.54) is 28.8 Å². The summed E-state index contributed by atoms with van der Waals surface area (Å²) in [7, 11) is 0. The minimum atomic E-state index is -4.32. The molecule has 1 aliphatic carbocycles. The van der Waals surface area contributed by atoms with Crippen LogP contribution in [0.3, 0.4) is 0 Å². The first-order valence-electron chi connectivity index (χ1n) is 10.3. The third kappa shape index (κ3) is 4.72. The Hall–Kier alpha value is -3.33. The van der Waals surface area contributed by atoms with Crippen LogP contribution >= 0.6 is 0 Å². The van der Waals surface area contributed by atoms with Gasteiger partial charge in [-0.3, -0.25) is 0 Å². The summed E-state index contributed by atoms with van der Waals surface area (Å²) >= 11 is 0. The number of halogens is 3. The average molecular weight is 416 g/mol. The maximum absolute atomic E-state index is 12.8. The van der Waals surface area contributed by atoms with Crippen LogP contribution in [-0.4, -0.2) is 0 Å². The number of benzene rings is 3. The minimum Gasteiger partial charge on any atom is -0.166 e. The summed E-state index contributed by atoms with van der Waals surface area (Å²) in [4.78, 5) is 0. The molecule has 0 heterocycles. The van der Waals surface area contributed by atoms with Crippen LogP contribution in [0.1, 0.15) is 25.0 Å². The van der Waals surface area contributed by atoms with E-state index >= 15 is 0 Å². The molecule has 0 aliphatic heterocycles. The fraction of sp³-hybridized carbons (Fsp3) is 0.143. The number of rotatable bonds is 3. The SMILES string of the molecule is CC1=CC(c2ccc(-c3ccc(-c4ccc(C(F)(F)F)cc4)cc3)cc2)=CC=CC1C. The Morgan fingerprint density at radius 1 is 0.645 bits per heavy atom. The Labute approximate surface area is 181 Å². The molecule has 3 aromatic carbocycles. The number of allylic oxidation sites excluding steroid dienone is 6.